The van der Waals surface area contributed by atoms with Crippen LogP contribution in [-0.2, 0) is 19.3 Å². The topological polar surface area (TPSA) is 36.7 Å². The summed E-state index contributed by atoms with van der Waals surface area (Å²) in [5.41, 5.74) is 4.47. The zero-order chi connectivity index (χ0) is 14.8. The van der Waals surface area contributed by atoms with E-state index < -0.39 is 0 Å². The second kappa shape index (κ2) is 9.53. The number of nitrogens with zero attached hydrogens (tertiary/aromatic N) is 2. The third-order valence-electron chi connectivity index (χ3n) is 3.81. The molecule has 0 aromatic carbocycles. The second-order valence-corrected chi connectivity index (χ2v) is 5.51. The summed E-state index contributed by atoms with van der Waals surface area (Å²) in [7, 11) is 0. The number of nitriles is 1. The van der Waals surface area contributed by atoms with Crippen molar-refractivity contribution in [2.45, 2.75) is 78.6 Å². The molecule has 0 radical (unpaired) electrons. The first-order valence-electron chi connectivity index (χ1n) is 8.18. The summed E-state index contributed by atoms with van der Waals surface area (Å²) in [6.45, 7) is 6.59. The molecule has 0 unspecified atom stereocenters. The Bertz CT molecular complexity index is 443. The van der Waals surface area contributed by atoms with Crippen LogP contribution in [0.4, 0.5) is 0 Å². The fraction of sp³-hybridized carbons (Fsp3) is 0.667. The number of aromatic nitrogens is 1. The lowest BCUT2D eigenvalue weighted by Crippen LogP contribution is -2.06. The number of hydrogen-bond donors (Lipinski definition) is 0. The van der Waals surface area contributed by atoms with E-state index >= 15 is 0 Å². The molecule has 20 heavy (non-hydrogen) atoms. The standard InChI is InChI=1S/C18H28N2/c1-4-7-10-15-14-20-18(12-9-6-3)16(11-8-5-2)17(15)13-19/h14H,4-12H2,1-3H3. The summed E-state index contributed by atoms with van der Waals surface area (Å²) >= 11 is 0. The minimum Gasteiger partial charge on any atom is -0.261 e. The van der Waals surface area contributed by atoms with Gasteiger partial charge in [-0.05, 0) is 49.7 Å². The van der Waals surface area contributed by atoms with Crippen molar-refractivity contribution >= 4 is 0 Å². The molecule has 0 fully saturated rings. The molecule has 2 heteroatoms. The van der Waals surface area contributed by atoms with Crippen LogP contribution in [0.3, 0.4) is 0 Å². The van der Waals surface area contributed by atoms with E-state index in [9.17, 15) is 5.26 Å². The van der Waals surface area contributed by atoms with Crippen LogP contribution in [0.1, 0.15) is 81.7 Å². The molecule has 0 saturated carbocycles. The first-order valence-corrected chi connectivity index (χ1v) is 8.18. The fourth-order valence-corrected chi connectivity index (χ4v) is 2.51. The van der Waals surface area contributed by atoms with Crippen molar-refractivity contribution in [1.82, 2.24) is 4.98 Å². The largest absolute Gasteiger partial charge is 0.261 e. The average molecular weight is 272 g/mol. The molecule has 0 aliphatic heterocycles. The van der Waals surface area contributed by atoms with Gasteiger partial charge < -0.3 is 0 Å². The first kappa shape index (κ1) is 16.7. The molecule has 1 aromatic rings. The Balaban J connectivity index is 3.09. The molecule has 1 aromatic heterocycles. The summed E-state index contributed by atoms with van der Waals surface area (Å²) in [4.78, 5) is 4.68. The molecule has 0 atom stereocenters. The van der Waals surface area contributed by atoms with Gasteiger partial charge in [-0.3, -0.25) is 4.98 Å². The molecule has 0 amide bonds. The van der Waals surface area contributed by atoms with Crippen molar-refractivity contribution in [2.75, 3.05) is 0 Å². The van der Waals surface area contributed by atoms with E-state index in [1.165, 1.54) is 12.0 Å². The van der Waals surface area contributed by atoms with Gasteiger partial charge in [0.05, 0.1) is 11.6 Å². The van der Waals surface area contributed by atoms with Gasteiger partial charge in [0, 0.05) is 11.9 Å². The maximum atomic E-state index is 9.57. The van der Waals surface area contributed by atoms with Crippen LogP contribution in [0, 0.1) is 11.3 Å². The van der Waals surface area contributed by atoms with E-state index in [1.54, 1.807) is 0 Å². The number of hydrogen-bond acceptors (Lipinski definition) is 2. The Kier molecular flexibility index (Phi) is 7.95. The molecule has 1 heterocycles. The van der Waals surface area contributed by atoms with Crippen LogP contribution in [0.15, 0.2) is 6.20 Å². The molecular formula is C18H28N2. The predicted molar refractivity (Wildman–Crippen MR) is 84.8 cm³/mol. The van der Waals surface area contributed by atoms with E-state index in [0.29, 0.717) is 0 Å². The molecule has 110 valence electrons. The molecule has 1 rings (SSSR count). The lowest BCUT2D eigenvalue weighted by Gasteiger charge is -2.13. The molecule has 0 aliphatic carbocycles. The molecule has 0 saturated heterocycles. The van der Waals surface area contributed by atoms with Gasteiger partial charge in [0.2, 0.25) is 0 Å². The highest BCUT2D eigenvalue weighted by molar-refractivity contribution is 5.45. The Morgan fingerprint density at radius 3 is 2.15 bits per heavy atom. The zero-order valence-corrected chi connectivity index (χ0v) is 13.3. The lowest BCUT2D eigenvalue weighted by molar-refractivity contribution is 0.730. The summed E-state index contributed by atoms with van der Waals surface area (Å²) in [5.74, 6) is 0. The maximum Gasteiger partial charge on any atom is 0.0998 e. The number of unbranched alkanes of at least 4 members (excludes halogenated alkanes) is 3. The monoisotopic (exact) mass is 272 g/mol. The second-order valence-electron chi connectivity index (χ2n) is 5.51. The zero-order valence-electron chi connectivity index (χ0n) is 13.3. The van der Waals surface area contributed by atoms with Crippen molar-refractivity contribution in [3.63, 3.8) is 0 Å². The number of aryl methyl sites for hydroxylation is 2. The Morgan fingerprint density at radius 2 is 1.55 bits per heavy atom. The molecular weight excluding hydrogens is 244 g/mol. The van der Waals surface area contributed by atoms with Crippen LogP contribution >= 0.6 is 0 Å². The van der Waals surface area contributed by atoms with Gasteiger partial charge in [-0.15, -0.1) is 0 Å². The Morgan fingerprint density at radius 1 is 0.950 bits per heavy atom. The smallest absolute Gasteiger partial charge is 0.0998 e. The first-order chi connectivity index (χ1) is 9.78. The molecule has 0 spiro atoms. The van der Waals surface area contributed by atoms with Crippen molar-refractivity contribution < 1.29 is 0 Å². The van der Waals surface area contributed by atoms with E-state index in [1.807, 2.05) is 6.20 Å². The molecule has 0 N–H and O–H groups in total. The Labute approximate surface area is 124 Å². The van der Waals surface area contributed by atoms with E-state index in [2.05, 4.69) is 31.8 Å². The maximum absolute atomic E-state index is 9.57. The minimum absolute atomic E-state index is 0.924. The molecule has 0 aliphatic rings. The van der Waals surface area contributed by atoms with Gasteiger partial charge in [0.1, 0.15) is 0 Å². The van der Waals surface area contributed by atoms with Gasteiger partial charge in [0.15, 0.2) is 0 Å². The van der Waals surface area contributed by atoms with Crippen molar-refractivity contribution in [1.29, 1.82) is 5.26 Å². The Hall–Kier alpha value is -1.36. The number of rotatable bonds is 9. The summed E-state index contributed by atoms with van der Waals surface area (Å²) in [6, 6.07) is 2.46. The summed E-state index contributed by atoms with van der Waals surface area (Å²) in [5, 5.41) is 9.57. The van der Waals surface area contributed by atoms with Crippen LogP contribution < -0.4 is 0 Å². The van der Waals surface area contributed by atoms with Crippen LogP contribution in [-0.4, -0.2) is 4.98 Å². The molecule has 2 nitrogen and oxygen atoms in total. The minimum atomic E-state index is 0.924. The van der Waals surface area contributed by atoms with Gasteiger partial charge >= 0.3 is 0 Å². The van der Waals surface area contributed by atoms with Crippen molar-refractivity contribution in [3.8, 4) is 6.07 Å². The quantitative estimate of drug-likeness (QED) is 0.635. The highest BCUT2D eigenvalue weighted by atomic mass is 14.7. The van der Waals surface area contributed by atoms with Crippen molar-refractivity contribution in [3.05, 3.63) is 28.6 Å². The van der Waals surface area contributed by atoms with Crippen LogP contribution in [0.2, 0.25) is 0 Å². The van der Waals surface area contributed by atoms with Crippen LogP contribution in [0.25, 0.3) is 0 Å². The fourth-order valence-electron chi connectivity index (χ4n) is 2.51. The summed E-state index contributed by atoms with van der Waals surface area (Å²) < 4.78 is 0. The van der Waals surface area contributed by atoms with Gasteiger partial charge in [-0.2, -0.15) is 5.26 Å². The summed E-state index contributed by atoms with van der Waals surface area (Å²) in [6.07, 6.45) is 11.9. The van der Waals surface area contributed by atoms with Gasteiger partial charge in [0.25, 0.3) is 0 Å². The van der Waals surface area contributed by atoms with Crippen molar-refractivity contribution in [2.24, 2.45) is 0 Å². The highest BCUT2D eigenvalue weighted by Gasteiger charge is 2.13. The number of pyridine rings is 1. The third-order valence-corrected chi connectivity index (χ3v) is 3.81. The van der Waals surface area contributed by atoms with Gasteiger partial charge in [-0.25, -0.2) is 0 Å². The lowest BCUT2D eigenvalue weighted by atomic mass is 9.93. The molecule has 0 bridgehead atoms. The van der Waals surface area contributed by atoms with Gasteiger partial charge in [-0.1, -0.05) is 40.0 Å². The van der Waals surface area contributed by atoms with E-state index in [0.717, 1.165) is 68.2 Å². The third kappa shape index (κ3) is 4.63. The van der Waals surface area contributed by atoms with E-state index in [4.69, 9.17) is 0 Å². The van der Waals surface area contributed by atoms with Crippen LogP contribution in [0.5, 0.6) is 0 Å². The highest BCUT2D eigenvalue weighted by Crippen LogP contribution is 2.22. The predicted octanol–water partition coefficient (Wildman–Crippen LogP) is 4.98. The normalized spacial score (nSPS) is 10.5. The average Bonchev–Trinajstić information content (AvgIpc) is 2.48. The SMILES string of the molecule is CCCCc1cnc(CCCC)c(CCCC)c1C#N. The van der Waals surface area contributed by atoms with E-state index in [-0.39, 0.29) is 0 Å².